The van der Waals surface area contributed by atoms with Crippen LogP contribution in [0.4, 0.5) is 0 Å². The molecule has 39 heavy (non-hydrogen) atoms. The molecule has 2 rings (SSSR count). The van der Waals surface area contributed by atoms with Crippen molar-refractivity contribution in [3.63, 3.8) is 0 Å². The molecule has 0 unspecified atom stereocenters. The first-order chi connectivity index (χ1) is 18.0. The van der Waals surface area contributed by atoms with Gasteiger partial charge in [0.1, 0.15) is 17.2 Å². The molecular weight excluding hydrogens is 492 g/mol. The third-order valence-electron chi connectivity index (χ3n) is 6.00. The topological polar surface area (TPSA) is 78.9 Å². The van der Waals surface area contributed by atoms with Crippen molar-refractivity contribution in [1.29, 1.82) is 0 Å². The van der Waals surface area contributed by atoms with Gasteiger partial charge in [-0.1, -0.05) is 27.7 Å². The summed E-state index contributed by atoms with van der Waals surface area (Å²) in [5.41, 5.74) is 1.59. The Bertz CT molecular complexity index is 1220. The van der Waals surface area contributed by atoms with Crippen molar-refractivity contribution in [3.05, 3.63) is 58.7 Å². The lowest BCUT2D eigenvalue weighted by Crippen LogP contribution is -2.27. The summed E-state index contributed by atoms with van der Waals surface area (Å²) < 4.78 is 17.5. The number of hydrogen-bond acceptors (Lipinski definition) is 6. The number of carbonyl (C=O) groups is 3. The van der Waals surface area contributed by atoms with Crippen LogP contribution in [-0.2, 0) is 9.59 Å². The van der Waals surface area contributed by atoms with Crippen LogP contribution in [0.1, 0.15) is 115 Å². The number of ether oxygens (including phenoxy) is 3. The molecule has 0 N–H and O–H groups in total. The van der Waals surface area contributed by atoms with Crippen molar-refractivity contribution in [3.8, 4) is 17.2 Å². The molecule has 2 aromatic rings. The van der Waals surface area contributed by atoms with Crippen LogP contribution in [0.5, 0.6) is 17.2 Å². The van der Waals surface area contributed by atoms with Gasteiger partial charge in [0, 0.05) is 16.7 Å². The largest absolute Gasteiger partial charge is 0.493 e. The first-order valence-corrected chi connectivity index (χ1v) is 13.6. The van der Waals surface area contributed by atoms with Gasteiger partial charge in [0.05, 0.1) is 17.4 Å². The summed E-state index contributed by atoms with van der Waals surface area (Å²) >= 11 is 0. The zero-order chi connectivity index (χ0) is 29.7. The van der Waals surface area contributed by atoms with E-state index in [0.717, 1.165) is 16.7 Å². The Balaban J connectivity index is 2.51. The minimum Gasteiger partial charge on any atom is -0.493 e. The Morgan fingerprint density at radius 2 is 1.33 bits per heavy atom. The molecule has 0 aromatic heterocycles. The van der Waals surface area contributed by atoms with E-state index < -0.39 is 10.8 Å². The minimum atomic E-state index is -0.667. The van der Waals surface area contributed by atoms with Crippen LogP contribution in [-0.4, -0.2) is 24.3 Å². The second-order valence-electron chi connectivity index (χ2n) is 12.4. The fourth-order valence-corrected chi connectivity index (χ4v) is 3.66. The number of benzene rings is 2. The second kappa shape index (κ2) is 12.6. The van der Waals surface area contributed by atoms with Gasteiger partial charge in [-0.3, -0.25) is 14.4 Å². The Morgan fingerprint density at radius 1 is 0.795 bits per heavy atom. The quantitative estimate of drug-likeness (QED) is 0.139. The van der Waals surface area contributed by atoms with Gasteiger partial charge in [-0.15, -0.1) is 0 Å². The molecule has 0 saturated carbocycles. The van der Waals surface area contributed by atoms with Gasteiger partial charge in [-0.25, -0.2) is 0 Å². The van der Waals surface area contributed by atoms with Crippen LogP contribution >= 0.6 is 0 Å². The average Bonchev–Trinajstić information content (AvgIpc) is 2.82. The molecule has 0 aliphatic rings. The first-order valence-electron chi connectivity index (χ1n) is 13.6. The highest BCUT2D eigenvalue weighted by molar-refractivity contribution is 6.07. The number of esters is 2. The maximum atomic E-state index is 13.0. The maximum Gasteiger partial charge on any atom is 0.316 e. The Morgan fingerprint density at radius 3 is 1.79 bits per heavy atom. The summed E-state index contributed by atoms with van der Waals surface area (Å²) in [6.07, 6.45) is 3.25. The van der Waals surface area contributed by atoms with E-state index in [1.165, 1.54) is 6.08 Å². The van der Waals surface area contributed by atoms with E-state index in [0.29, 0.717) is 29.4 Å². The highest BCUT2D eigenvalue weighted by Crippen LogP contribution is 2.44. The molecule has 212 valence electrons. The van der Waals surface area contributed by atoms with Gasteiger partial charge in [-0.05, 0) is 108 Å². The number of carbonyl (C=O) groups excluding carboxylic acids is 3. The van der Waals surface area contributed by atoms with Crippen LogP contribution in [0.2, 0.25) is 0 Å². The Kier molecular flexibility index (Phi) is 10.3. The highest BCUT2D eigenvalue weighted by Gasteiger charge is 2.30. The Labute approximate surface area is 233 Å². The molecule has 0 spiro atoms. The van der Waals surface area contributed by atoms with Gasteiger partial charge < -0.3 is 14.2 Å². The van der Waals surface area contributed by atoms with Crippen molar-refractivity contribution in [2.24, 2.45) is 10.8 Å². The number of ketones is 1. The summed E-state index contributed by atoms with van der Waals surface area (Å²) in [7, 11) is 0. The summed E-state index contributed by atoms with van der Waals surface area (Å²) in [5.74, 6) is 0.720. The molecule has 0 fully saturated rings. The molecule has 0 bridgehead atoms. The Hall–Kier alpha value is -3.41. The second-order valence-corrected chi connectivity index (χ2v) is 12.4. The molecule has 0 amide bonds. The van der Waals surface area contributed by atoms with Crippen molar-refractivity contribution >= 4 is 23.8 Å². The fraction of sp³-hybridized carbons (Fsp3) is 0.485. The molecule has 0 saturated heterocycles. The van der Waals surface area contributed by atoms with E-state index in [4.69, 9.17) is 14.2 Å². The molecule has 6 nitrogen and oxygen atoms in total. The zero-order valence-corrected chi connectivity index (χ0v) is 25.4. The van der Waals surface area contributed by atoms with Gasteiger partial charge in [0.2, 0.25) is 0 Å². The van der Waals surface area contributed by atoms with Crippen LogP contribution in [0.3, 0.4) is 0 Å². The minimum absolute atomic E-state index is 0.000719. The maximum absolute atomic E-state index is 13.0. The molecule has 0 heterocycles. The van der Waals surface area contributed by atoms with Crippen LogP contribution in [0.25, 0.3) is 6.08 Å². The van der Waals surface area contributed by atoms with Crippen molar-refractivity contribution < 1.29 is 28.6 Å². The van der Waals surface area contributed by atoms with E-state index in [1.54, 1.807) is 51.1 Å². The zero-order valence-electron chi connectivity index (χ0n) is 25.4. The van der Waals surface area contributed by atoms with Crippen LogP contribution in [0.15, 0.2) is 36.4 Å². The van der Waals surface area contributed by atoms with Gasteiger partial charge >= 0.3 is 11.9 Å². The normalized spacial score (nSPS) is 12.2. The van der Waals surface area contributed by atoms with Crippen LogP contribution < -0.4 is 14.2 Å². The summed E-state index contributed by atoms with van der Waals surface area (Å²) in [4.78, 5) is 38.1. The molecular formula is C33H44O6. The average molecular weight is 537 g/mol. The molecule has 0 atom stereocenters. The van der Waals surface area contributed by atoms with E-state index >= 15 is 0 Å². The molecule has 2 aromatic carbocycles. The van der Waals surface area contributed by atoms with Crippen molar-refractivity contribution in [2.75, 3.05) is 6.61 Å². The highest BCUT2D eigenvalue weighted by atomic mass is 16.5. The molecule has 0 aliphatic carbocycles. The third-order valence-corrected chi connectivity index (χ3v) is 6.00. The van der Waals surface area contributed by atoms with Gasteiger partial charge in [0.25, 0.3) is 0 Å². The summed E-state index contributed by atoms with van der Waals surface area (Å²) in [6.45, 7) is 21.3. The SMILES string of the molecule is CCOc1c(C=CC(=O)c2ccc(OC(=O)C(C)(C)C)cc2)cc(C(C)C)c(OC(=O)C(C)(C)C)c1C(C)C. The lowest BCUT2D eigenvalue weighted by Gasteiger charge is -2.26. The van der Waals surface area contributed by atoms with Crippen molar-refractivity contribution in [2.45, 2.75) is 88.0 Å². The van der Waals surface area contributed by atoms with E-state index in [-0.39, 0.29) is 29.6 Å². The first kappa shape index (κ1) is 31.8. The summed E-state index contributed by atoms with van der Waals surface area (Å²) in [6, 6.07) is 8.43. The lowest BCUT2D eigenvalue weighted by molar-refractivity contribution is -0.143. The number of rotatable bonds is 9. The van der Waals surface area contributed by atoms with Crippen LogP contribution in [0, 0.1) is 10.8 Å². The summed E-state index contributed by atoms with van der Waals surface area (Å²) in [5, 5.41) is 0. The molecule has 0 radical (unpaired) electrons. The predicted molar refractivity (Wildman–Crippen MR) is 156 cm³/mol. The molecule has 6 heteroatoms. The number of allylic oxidation sites excluding steroid dienone is 1. The molecule has 0 aliphatic heterocycles. The standard InChI is InChI=1S/C33H44O6/c1-12-37-28-23(15-18-26(34)22-13-16-24(17-14-22)38-30(35)32(6,7)8)19-25(20(2)3)29(27(28)21(4)5)39-31(36)33(9,10)11/h13-21H,12H2,1-11H3. The van der Waals surface area contributed by atoms with Gasteiger partial charge in [0.15, 0.2) is 5.78 Å². The monoisotopic (exact) mass is 536 g/mol. The lowest BCUT2D eigenvalue weighted by atomic mass is 9.89. The number of hydrogen-bond donors (Lipinski definition) is 0. The third kappa shape index (κ3) is 8.29. The fourth-order valence-electron chi connectivity index (χ4n) is 3.66. The van der Waals surface area contributed by atoms with E-state index in [1.807, 2.05) is 61.5 Å². The van der Waals surface area contributed by atoms with Gasteiger partial charge in [-0.2, -0.15) is 0 Å². The van der Waals surface area contributed by atoms with E-state index in [9.17, 15) is 14.4 Å². The van der Waals surface area contributed by atoms with Crippen molar-refractivity contribution in [1.82, 2.24) is 0 Å². The van der Waals surface area contributed by atoms with E-state index in [2.05, 4.69) is 0 Å². The predicted octanol–water partition coefficient (Wildman–Crippen LogP) is 8.13. The smallest absolute Gasteiger partial charge is 0.316 e.